The van der Waals surface area contributed by atoms with Crippen LogP contribution in [0, 0.1) is 0 Å². The molecule has 0 radical (unpaired) electrons. The molecule has 2 aromatic rings. The first-order chi connectivity index (χ1) is 12.5. The molecule has 2 aliphatic rings. The van der Waals surface area contributed by atoms with E-state index in [1.54, 1.807) is 27.8 Å². The van der Waals surface area contributed by atoms with E-state index in [0.717, 1.165) is 12.1 Å². The maximum absolute atomic E-state index is 13.0. The first kappa shape index (κ1) is 17.2. The second-order valence-corrected chi connectivity index (χ2v) is 8.52. The van der Waals surface area contributed by atoms with Crippen LogP contribution >= 0.6 is 0 Å². The monoisotopic (exact) mass is 375 g/mol. The summed E-state index contributed by atoms with van der Waals surface area (Å²) in [5.41, 5.74) is 2.17. The third-order valence-electron chi connectivity index (χ3n) is 4.80. The predicted octanol–water partition coefficient (Wildman–Crippen LogP) is 1.72. The lowest BCUT2D eigenvalue weighted by atomic mass is 10.1. The van der Waals surface area contributed by atoms with Gasteiger partial charge in [-0.2, -0.15) is 5.10 Å². The van der Waals surface area contributed by atoms with Gasteiger partial charge in [-0.1, -0.05) is 25.1 Å². The van der Waals surface area contributed by atoms with E-state index in [9.17, 15) is 13.2 Å². The molecule has 1 fully saturated rings. The molecule has 0 atom stereocenters. The number of aryl methyl sites for hydroxylation is 1. The maximum Gasteiger partial charge on any atom is 0.274 e. The molecule has 8 heteroatoms. The molecular weight excluding hydrogens is 354 g/mol. The molecule has 0 saturated carbocycles. The van der Waals surface area contributed by atoms with Crippen LogP contribution in [0.4, 0.5) is 0 Å². The standard InChI is InChI=1S/C18H21N3O4S/c1-2-7-21-17-13-5-3-4-6-15(13)26(23,24)12-14(17)16(19-21)18(22)20-8-10-25-11-9-20/h3-6H,2,7-12H2,1H3. The van der Waals surface area contributed by atoms with Crippen LogP contribution in [0.5, 0.6) is 0 Å². The van der Waals surface area contributed by atoms with Gasteiger partial charge in [0.25, 0.3) is 5.91 Å². The topological polar surface area (TPSA) is 81.5 Å². The van der Waals surface area contributed by atoms with Crippen molar-refractivity contribution in [3.63, 3.8) is 0 Å². The summed E-state index contributed by atoms with van der Waals surface area (Å²) in [6, 6.07) is 6.96. The summed E-state index contributed by atoms with van der Waals surface area (Å²) in [6.45, 7) is 4.64. The number of aromatic nitrogens is 2. The number of ether oxygens (including phenoxy) is 1. The Labute approximate surface area is 152 Å². The van der Waals surface area contributed by atoms with Crippen molar-refractivity contribution in [2.45, 2.75) is 30.5 Å². The van der Waals surface area contributed by atoms with Crippen LogP contribution < -0.4 is 0 Å². The first-order valence-corrected chi connectivity index (χ1v) is 10.5. The van der Waals surface area contributed by atoms with E-state index in [-0.39, 0.29) is 17.4 Å². The van der Waals surface area contributed by atoms with E-state index < -0.39 is 9.84 Å². The van der Waals surface area contributed by atoms with Crippen molar-refractivity contribution in [1.82, 2.24) is 14.7 Å². The summed E-state index contributed by atoms with van der Waals surface area (Å²) in [4.78, 5) is 15.0. The van der Waals surface area contributed by atoms with E-state index in [2.05, 4.69) is 5.10 Å². The van der Waals surface area contributed by atoms with Crippen LogP contribution in [-0.4, -0.2) is 55.3 Å². The molecule has 0 unspecified atom stereocenters. The third-order valence-corrected chi connectivity index (χ3v) is 6.49. The Hall–Kier alpha value is -2.19. The Kier molecular flexibility index (Phi) is 4.32. The molecule has 3 heterocycles. The van der Waals surface area contributed by atoms with Crippen molar-refractivity contribution in [2.75, 3.05) is 26.3 Å². The highest BCUT2D eigenvalue weighted by Gasteiger charge is 2.36. The van der Waals surface area contributed by atoms with E-state index in [4.69, 9.17) is 4.74 Å². The number of rotatable bonds is 3. The molecule has 2 aliphatic heterocycles. The minimum atomic E-state index is -3.49. The Morgan fingerprint density at radius 1 is 1.23 bits per heavy atom. The molecule has 7 nitrogen and oxygen atoms in total. The zero-order valence-electron chi connectivity index (χ0n) is 14.6. The highest BCUT2D eigenvalue weighted by molar-refractivity contribution is 7.90. The highest BCUT2D eigenvalue weighted by Crippen LogP contribution is 2.39. The molecule has 1 aromatic heterocycles. The summed E-state index contributed by atoms with van der Waals surface area (Å²) in [5.74, 6) is -0.400. The van der Waals surface area contributed by atoms with Gasteiger partial charge in [0.2, 0.25) is 0 Å². The summed E-state index contributed by atoms with van der Waals surface area (Å²) in [7, 11) is -3.49. The zero-order chi connectivity index (χ0) is 18.3. The zero-order valence-corrected chi connectivity index (χ0v) is 15.5. The van der Waals surface area contributed by atoms with Crippen LogP contribution in [0.25, 0.3) is 11.3 Å². The van der Waals surface area contributed by atoms with Gasteiger partial charge < -0.3 is 9.64 Å². The maximum atomic E-state index is 13.0. The normalized spacial score (nSPS) is 18.3. The van der Waals surface area contributed by atoms with E-state index in [0.29, 0.717) is 48.9 Å². The number of carbonyl (C=O) groups excluding carboxylic acids is 1. The van der Waals surface area contributed by atoms with Crippen molar-refractivity contribution in [3.8, 4) is 11.3 Å². The molecule has 26 heavy (non-hydrogen) atoms. The molecule has 1 amide bonds. The fourth-order valence-corrected chi connectivity index (χ4v) is 5.19. The number of benzene rings is 1. The lowest BCUT2D eigenvalue weighted by Crippen LogP contribution is -2.41. The Balaban J connectivity index is 1.88. The van der Waals surface area contributed by atoms with Crippen LogP contribution in [0.3, 0.4) is 0 Å². The Morgan fingerprint density at radius 3 is 2.69 bits per heavy atom. The minimum absolute atomic E-state index is 0.186. The molecule has 1 aromatic carbocycles. The lowest BCUT2D eigenvalue weighted by Gasteiger charge is -2.26. The van der Waals surface area contributed by atoms with Gasteiger partial charge in [0.1, 0.15) is 0 Å². The summed E-state index contributed by atoms with van der Waals surface area (Å²) >= 11 is 0. The third kappa shape index (κ3) is 2.73. The number of nitrogens with zero attached hydrogens (tertiary/aromatic N) is 3. The van der Waals surface area contributed by atoms with Gasteiger partial charge in [-0.15, -0.1) is 0 Å². The van der Waals surface area contributed by atoms with E-state index in [1.165, 1.54) is 0 Å². The van der Waals surface area contributed by atoms with Gasteiger partial charge >= 0.3 is 0 Å². The Morgan fingerprint density at radius 2 is 1.96 bits per heavy atom. The molecule has 4 rings (SSSR count). The van der Waals surface area contributed by atoms with Crippen molar-refractivity contribution in [2.24, 2.45) is 0 Å². The van der Waals surface area contributed by atoms with Crippen LogP contribution in [-0.2, 0) is 26.9 Å². The predicted molar refractivity (Wildman–Crippen MR) is 95.6 cm³/mol. The van der Waals surface area contributed by atoms with Crippen molar-refractivity contribution < 1.29 is 17.9 Å². The summed E-state index contributed by atoms with van der Waals surface area (Å²) < 4.78 is 32.6. The van der Waals surface area contributed by atoms with Crippen molar-refractivity contribution in [1.29, 1.82) is 0 Å². The highest BCUT2D eigenvalue weighted by atomic mass is 32.2. The second-order valence-electron chi connectivity index (χ2n) is 6.56. The van der Waals surface area contributed by atoms with Gasteiger partial charge in [-0.05, 0) is 12.5 Å². The minimum Gasteiger partial charge on any atom is -0.378 e. The molecule has 0 spiro atoms. The second kappa shape index (κ2) is 6.51. The fourth-order valence-electron chi connectivity index (χ4n) is 3.60. The number of fused-ring (bicyclic) bond motifs is 3. The molecule has 0 aliphatic carbocycles. The Bertz CT molecular complexity index is 959. The number of sulfone groups is 1. The summed E-state index contributed by atoms with van der Waals surface area (Å²) in [6.07, 6.45) is 0.841. The lowest BCUT2D eigenvalue weighted by molar-refractivity contribution is 0.0298. The first-order valence-electron chi connectivity index (χ1n) is 8.82. The average Bonchev–Trinajstić information content (AvgIpc) is 3.00. The summed E-state index contributed by atoms with van der Waals surface area (Å²) in [5, 5.41) is 4.54. The number of morpholine rings is 1. The van der Waals surface area contributed by atoms with Crippen LogP contribution in [0.2, 0.25) is 0 Å². The van der Waals surface area contributed by atoms with Gasteiger partial charge in [-0.25, -0.2) is 8.42 Å². The number of hydrogen-bond donors (Lipinski definition) is 0. The van der Waals surface area contributed by atoms with Crippen LogP contribution in [0.1, 0.15) is 29.4 Å². The van der Waals surface area contributed by atoms with Gasteiger partial charge in [0.15, 0.2) is 15.5 Å². The van der Waals surface area contributed by atoms with Crippen molar-refractivity contribution in [3.05, 3.63) is 35.5 Å². The number of hydrogen-bond acceptors (Lipinski definition) is 5. The average molecular weight is 375 g/mol. The van der Waals surface area contributed by atoms with E-state index in [1.807, 2.05) is 13.0 Å². The molecule has 1 saturated heterocycles. The number of amides is 1. The van der Waals surface area contributed by atoms with Gasteiger partial charge in [0.05, 0.1) is 29.6 Å². The van der Waals surface area contributed by atoms with E-state index >= 15 is 0 Å². The van der Waals surface area contributed by atoms with Crippen molar-refractivity contribution >= 4 is 15.7 Å². The molecule has 0 bridgehead atoms. The largest absolute Gasteiger partial charge is 0.378 e. The fraction of sp³-hybridized carbons (Fsp3) is 0.444. The molecule has 0 N–H and O–H groups in total. The molecular formula is C18H21N3O4S. The number of carbonyl (C=O) groups is 1. The SMILES string of the molecule is CCCn1nc(C(=O)N2CCOCC2)c2c1-c1ccccc1S(=O)(=O)C2. The smallest absolute Gasteiger partial charge is 0.274 e. The molecule has 138 valence electrons. The van der Waals surface area contributed by atoms with Gasteiger partial charge in [0, 0.05) is 30.8 Å². The van der Waals surface area contributed by atoms with Gasteiger partial charge in [-0.3, -0.25) is 9.48 Å². The quantitative estimate of drug-likeness (QED) is 0.816. The van der Waals surface area contributed by atoms with Crippen LogP contribution in [0.15, 0.2) is 29.2 Å².